The second-order valence-electron chi connectivity index (χ2n) is 16.9. The Morgan fingerprint density at radius 1 is 0.406 bits per heavy atom. The monoisotopic (exact) mass is 819 g/mol. The van der Waals surface area contributed by atoms with Crippen molar-refractivity contribution in [1.29, 1.82) is 10.5 Å². The third-order valence-corrected chi connectivity index (χ3v) is 12.8. The van der Waals surface area contributed by atoms with Crippen molar-refractivity contribution in [2.24, 2.45) is 0 Å². The van der Waals surface area contributed by atoms with E-state index in [4.69, 9.17) is 0 Å². The molecule has 0 saturated carbocycles. The first kappa shape index (κ1) is 38.3. The van der Waals surface area contributed by atoms with Gasteiger partial charge < -0.3 is 14.4 Å². The highest BCUT2D eigenvalue weighted by Crippen LogP contribution is 2.53. The number of nitrogens with zero attached hydrogens (tertiary/aromatic N) is 5. The molecule has 0 saturated heterocycles. The normalized spacial score (nSPS) is 12.6. The molecular weight excluding hydrogens is 779 g/mol. The molecule has 1 aliphatic rings. The van der Waals surface area contributed by atoms with Crippen LogP contribution in [-0.2, 0) is 5.41 Å². The summed E-state index contributed by atoms with van der Waals surface area (Å²) in [6.45, 7) is 4.62. The zero-order valence-corrected chi connectivity index (χ0v) is 35.4. The number of para-hydroxylation sites is 2. The van der Waals surface area contributed by atoms with Crippen molar-refractivity contribution in [3.63, 3.8) is 0 Å². The van der Waals surface area contributed by atoms with E-state index in [2.05, 4.69) is 204 Å². The number of fused-ring (bicyclic) bond motifs is 5. The van der Waals surface area contributed by atoms with Crippen molar-refractivity contribution in [2.45, 2.75) is 19.3 Å². The lowest BCUT2D eigenvalue weighted by Crippen LogP contribution is -2.30. The predicted octanol–water partition coefficient (Wildman–Crippen LogP) is 15.4. The van der Waals surface area contributed by atoms with Gasteiger partial charge in [0.2, 0.25) is 0 Å². The van der Waals surface area contributed by atoms with E-state index >= 15 is 0 Å². The number of hydrogen-bond donors (Lipinski definition) is 0. The summed E-state index contributed by atoms with van der Waals surface area (Å²) in [7, 11) is 0. The maximum absolute atomic E-state index is 9.81. The third kappa shape index (κ3) is 6.39. The first-order valence-corrected chi connectivity index (χ1v) is 21.5. The zero-order valence-electron chi connectivity index (χ0n) is 35.4. The molecule has 1 aliphatic heterocycles. The van der Waals surface area contributed by atoms with Gasteiger partial charge in [0.05, 0.1) is 62.7 Å². The predicted molar refractivity (Wildman–Crippen MR) is 263 cm³/mol. The van der Waals surface area contributed by atoms with Gasteiger partial charge in [-0.3, -0.25) is 0 Å². The van der Waals surface area contributed by atoms with E-state index in [1.165, 1.54) is 22.3 Å². The standard InChI is InChI=1S/C59H41N5/c1-59(2)53-17-9-11-19-57(53)64(58-20-12-10-18-54(58)59)50-36-48(62(46-27-21-40(38-60)22-28-46)47-29-23-41(39-61)24-30-47)35-49(37-50)63-55-31-25-44(42-13-5-3-6-14-42)33-51(55)52-34-45(26-32-56(52)63)43-15-7-4-8-16-43/h3-37H,1-2H3. The summed E-state index contributed by atoms with van der Waals surface area (Å²) < 4.78 is 2.41. The number of anilines is 6. The van der Waals surface area contributed by atoms with Crippen molar-refractivity contribution in [1.82, 2.24) is 4.57 Å². The molecule has 0 aliphatic carbocycles. The van der Waals surface area contributed by atoms with Crippen LogP contribution in [0, 0.1) is 22.7 Å². The second-order valence-corrected chi connectivity index (χ2v) is 16.9. The van der Waals surface area contributed by atoms with Crippen molar-refractivity contribution in [3.8, 4) is 40.1 Å². The maximum atomic E-state index is 9.81. The van der Waals surface area contributed by atoms with Gasteiger partial charge in [-0.2, -0.15) is 10.5 Å². The number of nitriles is 2. The molecule has 11 rings (SSSR count). The molecular formula is C59H41N5. The van der Waals surface area contributed by atoms with E-state index < -0.39 is 0 Å². The molecule has 1 aromatic heterocycles. The minimum absolute atomic E-state index is 0.235. The summed E-state index contributed by atoms with van der Waals surface area (Å²) in [5.41, 5.74) is 17.2. The molecule has 0 radical (unpaired) electrons. The average Bonchev–Trinajstić information content (AvgIpc) is 3.68. The van der Waals surface area contributed by atoms with Crippen LogP contribution in [0.2, 0.25) is 0 Å². The Bertz CT molecular complexity index is 3280. The van der Waals surface area contributed by atoms with Crippen molar-refractivity contribution >= 4 is 55.9 Å². The lowest BCUT2D eigenvalue weighted by molar-refractivity contribution is 0.632. The smallest absolute Gasteiger partial charge is 0.0991 e. The molecule has 9 aromatic carbocycles. The van der Waals surface area contributed by atoms with E-state index in [1.54, 1.807) is 0 Å². The van der Waals surface area contributed by atoms with E-state index in [9.17, 15) is 10.5 Å². The molecule has 0 unspecified atom stereocenters. The first-order chi connectivity index (χ1) is 31.4. The number of hydrogen-bond acceptors (Lipinski definition) is 4. The van der Waals surface area contributed by atoms with E-state index in [0.717, 1.165) is 72.7 Å². The maximum Gasteiger partial charge on any atom is 0.0991 e. The van der Waals surface area contributed by atoms with Crippen LogP contribution in [0.3, 0.4) is 0 Å². The first-order valence-electron chi connectivity index (χ1n) is 21.5. The van der Waals surface area contributed by atoms with Gasteiger partial charge in [0.15, 0.2) is 0 Å². The fourth-order valence-electron chi connectivity index (χ4n) is 9.65. The highest BCUT2D eigenvalue weighted by atomic mass is 15.2. The molecule has 64 heavy (non-hydrogen) atoms. The largest absolute Gasteiger partial charge is 0.310 e. The second kappa shape index (κ2) is 15.4. The summed E-state index contributed by atoms with van der Waals surface area (Å²) in [5.74, 6) is 0. The summed E-state index contributed by atoms with van der Waals surface area (Å²) >= 11 is 0. The molecule has 5 nitrogen and oxygen atoms in total. The highest BCUT2D eigenvalue weighted by molar-refractivity contribution is 6.12. The van der Waals surface area contributed by atoms with Crippen LogP contribution < -0.4 is 9.80 Å². The third-order valence-electron chi connectivity index (χ3n) is 12.8. The fourth-order valence-corrected chi connectivity index (χ4v) is 9.65. The Morgan fingerprint density at radius 3 is 1.31 bits per heavy atom. The molecule has 0 spiro atoms. The molecule has 302 valence electrons. The minimum atomic E-state index is -0.235. The molecule has 0 fully saturated rings. The SMILES string of the molecule is CC1(C)c2ccccc2N(c2cc(N(c3ccc(C#N)cc3)c3ccc(C#N)cc3)cc(-n3c4ccc(-c5ccccc5)cc4c4cc(-c5ccccc5)ccc43)c2)c2ccccc21. The highest BCUT2D eigenvalue weighted by Gasteiger charge is 2.37. The van der Waals surface area contributed by atoms with E-state index in [0.29, 0.717) is 11.1 Å². The Kier molecular flexibility index (Phi) is 9.19. The number of rotatable bonds is 7. The van der Waals surface area contributed by atoms with Crippen LogP contribution in [0.5, 0.6) is 0 Å². The quantitative estimate of drug-likeness (QED) is 0.161. The van der Waals surface area contributed by atoms with Gasteiger partial charge in [-0.1, -0.05) is 123 Å². The van der Waals surface area contributed by atoms with Crippen molar-refractivity contribution < 1.29 is 0 Å². The van der Waals surface area contributed by atoms with Crippen LogP contribution in [0.1, 0.15) is 36.1 Å². The topological polar surface area (TPSA) is 59.0 Å². The van der Waals surface area contributed by atoms with Crippen LogP contribution in [0.4, 0.5) is 34.1 Å². The molecule has 0 amide bonds. The lowest BCUT2D eigenvalue weighted by Gasteiger charge is -2.42. The van der Waals surface area contributed by atoms with Crippen molar-refractivity contribution in [2.75, 3.05) is 9.80 Å². The average molecular weight is 820 g/mol. The van der Waals surface area contributed by atoms with Gasteiger partial charge in [0, 0.05) is 27.6 Å². The number of aromatic nitrogens is 1. The Hall–Kier alpha value is -8.64. The van der Waals surface area contributed by atoms with Gasteiger partial charge in [0.1, 0.15) is 0 Å². The molecule has 0 N–H and O–H groups in total. The summed E-state index contributed by atoms with van der Waals surface area (Å²) in [5, 5.41) is 21.9. The van der Waals surface area contributed by atoms with Gasteiger partial charge in [-0.25, -0.2) is 0 Å². The summed E-state index contributed by atoms with van der Waals surface area (Å²) in [4.78, 5) is 4.63. The lowest BCUT2D eigenvalue weighted by atomic mass is 9.73. The molecule has 2 heterocycles. The summed E-state index contributed by atoms with van der Waals surface area (Å²) in [6, 6.07) is 79.2. The number of benzene rings is 9. The van der Waals surface area contributed by atoms with Crippen molar-refractivity contribution in [3.05, 3.63) is 235 Å². The zero-order chi connectivity index (χ0) is 43.4. The molecule has 5 heteroatoms. The van der Waals surface area contributed by atoms with Gasteiger partial charge in [0.25, 0.3) is 0 Å². The van der Waals surface area contributed by atoms with Crippen LogP contribution in [0.15, 0.2) is 212 Å². The van der Waals surface area contributed by atoms with E-state index in [-0.39, 0.29) is 5.41 Å². The van der Waals surface area contributed by atoms with Gasteiger partial charge in [-0.15, -0.1) is 0 Å². The molecule has 0 atom stereocenters. The minimum Gasteiger partial charge on any atom is -0.310 e. The Balaban J connectivity index is 1.23. The van der Waals surface area contributed by atoms with Crippen LogP contribution >= 0.6 is 0 Å². The molecule has 0 bridgehead atoms. The fraction of sp³-hybridized carbons (Fsp3) is 0.0508. The van der Waals surface area contributed by atoms with Gasteiger partial charge >= 0.3 is 0 Å². The van der Waals surface area contributed by atoms with Crippen LogP contribution in [0.25, 0.3) is 49.7 Å². The summed E-state index contributed by atoms with van der Waals surface area (Å²) in [6.07, 6.45) is 0. The Morgan fingerprint density at radius 2 is 0.844 bits per heavy atom. The van der Waals surface area contributed by atoms with Crippen LogP contribution in [-0.4, -0.2) is 4.57 Å². The van der Waals surface area contributed by atoms with Gasteiger partial charge in [-0.05, 0) is 137 Å². The van der Waals surface area contributed by atoms with E-state index in [1.807, 2.05) is 48.5 Å². The molecule has 10 aromatic rings. The Labute approximate surface area is 373 Å².